The number of hydrogen-bond donors (Lipinski definition) is 3. The Balaban J connectivity index is 1.88. The minimum Gasteiger partial charge on any atom is -0.404 e. The Hall–Kier alpha value is -2.28. The van der Waals surface area contributed by atoms with E-state index in [9.17, 15) is 18.1 Å². The van der Waals surface area contributed by atoms with Crippen molar-refractivity contribution in [3.8, 4) is 5.75 Å². The molecule has 9 heteroatoms. The number of anilines is 1. The quantitative estimate of drug-likeness (QED) is 0.478. The summed E-state index contributed by atoms with van der Waals surface area (Å²) >= 11 is 0. The molecule has 1 aliphatic carbocycles. The van der Waals surface area contributed by atoms with Crippen LogP contribution < -0.4 is 9.84 Å². The SMILES string of the molecule is O=C1Nc2c(ccc(F)c2F)C1(c1ccc(OP(=O)(O)O)cc1)C1CCCCCC1. The first-order chi connectivity index (χ1) is 14.2. The molecule has 0 saturated heterocycles. The Kier molecular flexibility index (Phi) is 5.43. The van der Waals surface area contributed by atoms with E-state index in [0.29, 0.717) is 11.1 Å². The van der Waals surface area contributed by atoms with E-state index in [1.165, 1.54) is 18.2 Å². The lowest BCUT2D eigenvalue weighted by Gasteiger charge is -2.36. The third-order valence-electron chi connectivity index (χ3n) is 6.12. The van der Waals surface area contributed by atoms with Crippen LogP contribution in [0.4, 0.5) is 14.5 Å². The van der Waals surface area contributed by atoms with Gasteiger partial charge < -0.3 is 9.84 Å². The van der Waals surface area contributed by atoms with E-state index in [1.807, 2.05) is 0 Å². The van der Waals surface area contributed by atoms with Crippen LogP contribution in [-0.4, -0.2) is 15.7 Å². The number of hydrogen-bond acceptors (Lipinski definition) is 3. The molecule has 6 nitrogen and oxygen atoms in total. The summed E-state index contributed by atoms with van der Waals surface area (Å²) < 4.78 is 44.1. The van der Waals surface area contributed by atoms with Gasteiger partial charge in [0.1, 0.15) is 11.2 Å². The van der Waals surface area contributed by atoms with Crippen LogP contribution in [0.1, 0.15) is 49.7 Å². The largest absolute Gasteiger partial charge is 0.524 e. The fourth-order valence-electron chi connectivity index (χ4n) is 4.89. The van der Waals surface area contributed by atoms with Crippen molar-refractivity contribution in [2.45, 2.75) is 43.9 Å². The molecule has 3 N–H and O–H groups in total. The second-order valence-corrected chi connectivity index (χ2v) is 9.00. The highest BCUT2D eigenvalue weighted by atomic mass is 31.2. The van der Waals surface area contributed by atoms with Gasteiger partial charge in [0.05, 0.1) is 5.69 Å². The van der Waals surface area contributed by atoms with E-state index in [0.717, 1.165) is 44.6 Å². The number of carbonyl (C=O) groups excluding carboxylic acids is 1. The Bertz CT molecular complexity index is 1010. The summed E-state index contributed by atoms with van der Waals surface area (Å²) in [6, 6.07) is 8.36. The van der Waals surface area contributed by atoms with Crippen molar-refractivity contribution in [1.82, 2.24) is 0 Å². The maximum atomic E-state index is 14.5. The normalized spacial score (nSPS) is 22.3. The molecule has 1 heterocycles. The number of amides is 1. The van der Waals surface area contributed by atoms with Gasteiger partial charge in [0.2, 0.25) is 5.91 Å². The molecular weight excluding hydrogens is 415 g/mol. The summed E-state index contributed by atoms with van der Waals surface area (Å²) in [6.45, 7) is 0. The third-order valence-corrected chi connectivity index (χ3v) is 6.57. The number of benzene rings is 2. The number of fused-ring (bicyclic) bond motifs is 1. The molecule has 1 amide bonds. The van der Waals surface area contributed by atoms with Crippen LogP contribution in [0.2, 0.25) is 0 Å². The Morgan fingerprint density at radius 3 is 2.23 bits per heavy atom. The van der Waals surface area contributed by atoms with Crippen LogP contribution in [0.25, 0.3) is 0 Å². The molecule has 1 saturated carbocycles. The van der Waals surface area contributed by atoms with Gasteiger partial charge in [-0.1, -0.05) is 43.9 Å². The van der Waals surface area contributed by atoms with E-state index >= 15 is 0 Å². The molecule has 1 unspecified atom stereocenters. The summed E-state index contributed by atoms with van der Waals surface area (Å²) in [4.78, 5) is 31.4. The van der Waals surface area contributed by atoms with Gasteiger partial charge in [-0.3, -0.25) is 14.6 Å². The maximum Gasteiger partial charge on any atom is 0.524 e. The Morgan fingerprint density at radius 2 is 1.63 bits per heavy atom. The first-order valence-corrected chi connectivity index (χ1v) is 11.4. The number of rotatable bonds is 4. The van der Waals surface area contributed by atoms with Gasteiger partial charge in [-0.25, -0.2) is 13.3 Å². The molecule has 2 aromatic carbocycles. The third kappa shape index (κ3) is 3.53. The molecule has 160 valence electrons. The maximum absolute atomic E-state index is 14.5. The van der Waals surface area contributed by atoms with Crippen LogP contribution in [0.15, 0.2) is 36.4 Å². The molecular formula is C21H22F2NO5P. The van der Waals surface area contributed by atoms with E-state index < -0.39 is 30.8 Å². The fraction of sp³-hybridized carbons (Fsp3) is 0.381. The van der Waals surface area contributed by atoms with Crippen LogP contribution in [0.5, 0.6) is 5.75 Å². The topological polar surface area (TPSA) is 95.9 Å². The fourth-order valence-corrected chi connectivity index (χ4v) is 5.29. The average Bonchev–Trinajstić information content (AvgIpc) is 2.84. The Morgan fingerprint density at radius 1 is 1.00 bits per heavy atom. The number of nitrogens with one attached hydrogen (secondary N) is 1. The Labute approximate surface area is 172 Å². The molecule has 2 aliphatic rings. The van der Waals surface area contributed by atoms with E-state index in [2.05, 4.69) is 9.84 Å². The number of carbonyl (C=O) groups is 1. The minimum atomic E-state index is -4.72. The summed E-state index contributed by atoms with van der Waals surface area (Å²) in [5.74, 6) is -2.71. The average molecular weight is 437 g/mol. The summed E-state index contributed by atoms with van der Waals surface area (Å²) in [5.41, 5.74) is -0.411. The molecule has 1 fully saturated rings. The van der Waals surface area contributed by atoms with Crippen molar-refractivity contribution in [2.75, 3.05) is 5.32 Å². The van der Waals surface area contributed by atoms with Gasteiger partial charge in [0, 0.05) is 0 Å². The minimum absolute atomic E-state index is 0.0491. The lowest BCUT2D eigenvalue weighted by Crippen LogP contribution is -2.43. The first-order valence-electron chi connectivity index (χ1n) is 9.89. The van der Waals surface area contributed by atoms with Crippen LogP contribution in [-0.2, 0) is 14.8 Å². The number of halogens is 2. The lowest BCUT2D eigenvalue weighted by molar-refractivity contribution is -0.121. The molecule has 0 aromatic heterocycles. The molecule has 1 aliphatic heterocycles. The predicted octanol–water partition coefficient (Wildman–Crippen LogP) is 4.64. The van der Waals surface area contributed by atoms with Gasteiger partial charge in [0.15, 0.2) is 11.6 Å². The highest BCUT2D eigenvalue weighted by molar-refractivity contribution is 7.46. The van der Waals surface area contributed by atoms with Crippen LogP contribution in [0, 0.1) is 17.6 Å². The molecule has 1 atom stereocenters. The zero-order valence-electron chi connectivity index (χ0n) is 16.1. The van der Waals surface area contributed by atoms with E-state index in [1.54, 1.807) is 12.1 Å². The van der Waals surface area contributed by atoms with Crippen molar-refractivity contribution in [2.24, 2.45) is 5.92 Å². The summed E-state index contributed by atoms with van der Waals surface area (Å²) in [5, 5.41) is 2.56. The number of phosphoric acid groups is 1. The summed E-state index contributed by atoms with van der Waals surface area (Å²) in [7, 11) is -4.72. The van der Waals surface area contributed by atoms with Gasteiger partial charge >= 0.3 is 7.82 Å². The first kappa shape index (κ1) is 21.0. The van der Waals surface area contributed by atoms with Crippen molar-refractivity contribution < 1.29 is 32.5 Å². The smallest absolute Gasteiger partial charge is 0.404 e. The van der Waals surface area contributed by atoms with Crippen molar-refractivity contribution in [1.29, 1.82) is 0 Å². The van der Waals surface area contributed by atoms with Gasteiger partial charge in [-0.05, 0) is 48.1 Å². The van der Waals surface area contributed by atoms with Crippen LogP contribution >= 0.6 is 7.82 Å². The van der Waals surface area contributed by atoms with Gasteiger partial charge in [-0.15, -0.1) is 0 Å². The second kappa shape index (κ2) is 7.76. The second-order valence-electron chi connectivity index (χ2n) is 7.84. The zero-order valence-corrected chi connectivity index (χ0v) is 17.0. The standard InChI is InChI=1S/C21H22F2NO5P/c22-17-12-11-16-19(18(17)23)24-20(25)21(16,13-5-3-1-2-4-6-13)14-7-9-15(10-8-14)29-30(26,27)28/h7-13H,1-6H2,(H,24,25)(H2,26,27,28). The molecule has 0 radical (unpaired) electrons. The van der Waals surface area contributed by atoms with Crippen molar-refractivity contribution in [3.05, 3.63) is 59.2 Å². The highest BCUT2D eigenvalue weighted by Gasteiger charge is 2.54. The van der Waals surface area contributed by atoms with Gasteiger partial charge in [-0.2, -0.15) is 0 Å². The van der Waals surface area contributed by atoms with Crippen molar-refractivity contribution in [3.63, 3.8) is 0 Å². The molecule has 0 spiro atoms. The summed E-state index contributed by atoms with van der Waals surface area (Å²) in [6.07, 6.45) is 5.47. The predicted molar refractivity (Wildman–Crippen MR) is 106 cm³/mol. The highest BCUT2D eigenvalue weighted by Crippen LogP contribution is 2.53. The van der Waals surface area contributed by atoms with E-state index in [4.69, 9.17) is 9.79 Å². The van der Waals surface area contributed by atoms with Gasteiger partial charge in [0.25, 0.3) is 0 Å². The van der Waals surface area contributed by atoms with E-state index in [-0.39, 0.29) is 17.4 Å². The molecule has 30 heavy (non-hydrogen) atoms. The zero-order chi connectivity index (χ0) is 21.5. The molecule has 0 bridgehead atoms. The number of phosphoric ester groups is 1. The van der Waals surface area contributed by atoms with Crippen LogP contribution in [0.3, 0.4) is 0 Å². The molecule has 4 rings (SSSR count). The lowest BCUT2D eigenvalue weighted by atomic mass is 9.64. The monoisotopic (exact) mass is 437 g/mol. The molecule has 2 aromatic rings. The van der Waals surface area contributed by atoms with Crippen molar-refractivity contribution >= 4 is 19.4 Å².